The van der Waals surface area contributed by atoms with E-state index in [4.69, 9.17) is 4.74 Å². The van der Waals surface area contributed by atoms with Gasteiger partial charge < -0.3 is 15.4 Å². The fourth-order valence-corrected chi connectivity index (χ4v) is 4.63. The Balaban J connectivity index is 1.31. The van der Waals surface area contributed by atoms with E-state index in [-0.39, 0.29) is 36.3 Å². The minimum absolute atomic E-state index is 0.0476. The average Bonchev–Trinajstić information content (AvgIpc) is 3.30. The summed E-state index contributed by atoms with van der Waals surface area (Å²) in [4.78, 5) is 29.7. The van der Waals surface area contributed by atoms with E-state index in [0.717, 1.165) is 31.2 Å². The van der Waals surface area contributed by atoms with Gasteiger partial charge in [-0.1, -0.05) is 55.3 Å². The van der Waals surface area contributed by atoms with Crippen LogP contribution in [0.5, 0.6) is 5.75 Å². The van der Waals surface area contributed by atoms with E-state index in [0.29, 0.717) is 17.1 Å². The van der Waals surface area contributed by atoms with Crippen molar-refractivity contribution in [3.05, 3.63) is 82.1 Å². The maximum absolute atomic E-state index is 13.7. The van der Waals surface area contributed by atoms with Crippen LogP contribution in [0, 0.1) is 5.82 Å². The summed E-state index contributed by atoms with van der Waals surface area (Å²) in [6.45, 7) is 0.0838. The molecule has 0 bridgehead atoms. The van der Waals surface area contributed by atoms with Crippen molar-refractivity contribution in [3.63, 3.8) is 0 Å². The molecular formula is C25H26FN3O3S. The Hall–Kier alpha value is -3.26. The monoisotopic (exact) mass is 467 g/mol. The molecule has 0 aliphatic heterocycles. The van der Waals surface area contributed by atoms with Crippen molar-refractivity contribution in [2.45, 2.75) is 50.8 Å². The van der Waals surface area contributed by atoms with Crippen LogP contribution in [-0.2, 0) is 17.8 Å². The Kier molecular flexibility index (Phi) is 7.67. The van der Waals surface area contributed by atoms with Crippen LogP contribution in [0.25, 0.3) is 0 Å². The Bertz CT molecular complexity index is 1090. The maximum atomic E-state index is 13.7. The van der Waals surface area contributed by atoms with Gasteiger partial charge >= 0.3 is 0 Å². The van der Waals surface area contributed by atoms with Crippen LogP contribution >= 0.6 is 11.3 Å². The second-order valence-electron chi connectivity index (χ2n) is 8.05. The number of benzene rings is 2. The van der Waals surface area contributed by atoms with Crippen LogP contribution in [0.1, 0.15) is 46.7 Å². The first-order valence-corrected chi connectivity index (χ1v) is 11.9. The van der Waals surface area contributed by atoms with Crippen LogP contribution in [0.15, 0.2) is 60.0 Å². The fraction of sp³-hybridized carbons (Fsp3) is 0.320. The molecule has 2 atom stereocenters. The molecule has 3 aromatic rings. The minimum Gasteiger partial charge on any atom is -0.483 e. The number of ether oxygens (including phenoxy) is 1. The molecule has 0 spiro atoms. The molecule has 0 radical (unpaired) electrons. The van der Waals surface area contributed by atoms with Crippen LogP contribution in [0.4, 0.5) is 4.39 Å². The molecule has 0 saturated heterocycles. The summed E-state index contributed by atoms with van der Waals surface area (Å²) in [6, 6.07) is 15.5. The maximum Gasteiger partial charge on any atom is 0.271 e. The number of rotatable bonds is 8. The molecule has 2 aromatic carbocycles. The van der Waals surface area contributed by atoms with Crippen molar-refractivity contribution in [2.24, 2.45) is 0 Å². The molecule has 1 aromatic heterocycles. The normalized spacial score (nSPS) is 17.8. The highest BCUT2D eigenvalue weighted by Crippen LogP contribution is 2.21. The summed E-state index contributed by atoms with van der Waals surface area (Å²) < 4.78 is 19.2. The molecule has 6 nitrogen and oxygen atoms in total. The topological polar surface area (TPSA) is 80.3 Å². The summed E-state index contributed by atoms with van der Waals surface area (Å²) in [5.41, 5.74) is 1.26. The number of para-hydroxylation sites is 1. The van der Waals surface area contributed by atoms with Crippen molar-refractivity contribution in [1.29, 1.82) is 0 Å². The molecule has 1 heterocycles. The lowest BCUT2D eigenvalue weighted by atomic mass is 9.90. The number of halogens is 1. The van der Waals surface area contributed by atoms with Crippen LogP contribution in [-0.4, -0.2) is 28.9 Å². The lowest BCUT2D eigenvalue weighted by molar-refractivity contribution is -0.121. The van der Waals surface area contributed by atoms with E-state index in [1.165, 1.54) is 17.4 Å². The van der Waals surface area contributed by atoms with Gasteiger partial charge in [-0.25, -0.2) is 9.37 Å². The van der Waals surface area contributed by atoms with E-state index in [1.807, 2.05) is 30.3 Å². The third kappa shape index (κ3) is 6.38. The molecule has 2 N–H and O–H groups in total. The molecular weight excluding hydrogens is 441 g/mol. The molecule has 33 heavy (non-hydrogen) atoms. The highest BCUT2D eigenvalue weighted by atomic mass is 32.1. The quantitative estimate of drug-likeness (QED) is 0.519. The molecule has 2 amide bonds. The number of thiazole rings is 1. The van der Waals surface area contributed by atoms with Crippen molar-refractivity contribution >= 4 is 23.2 Å². The second kappa shape index (κ2) is 11.0. The lowest BCUT2D eigenvalue weighted by Gasteiger charge is -2.32. The molecule has 0 unspecified atom stereocenters. The van der Waals surface area contributed by atoms with Crippen LogP contribution < -0.4 is 15.4 Å². The summed E-state index contributed by atoms with van der Waals surface area (Å²) in [6.07, 6.45) is 3.95. The molecule has 8 heteroatoms. The van der Waals surface area contributed by atoms with Gasteiger partial charge in [0.05, 0.1) is 6.42 Å². The van der Waals surface area contributed by atoms with Gasteiger partial charge in [0.1, 0.15) is 17.3 Å². The van der Waals surface area contributed by atoms with E-state index < -0.39 is 5.82 Å². The summed E-state index contributed by atoms with van der Waals surface area (Å²) >= 11 is 1.29. The van der Waals surface area contributed by atoms with E-state index in [2.05, 4.69) is 15.6 Å². The van der Waals surface area contributed by atoms with E-state index in [9.17, 15) is 14.0 Å². The summed E-state index contributed by atoms with van der Waals surface area (Å²) in [5, 5.41) is 8.39. The Morgan fingerprint density at radius 3 is 2.45 bits per heavy atom. The van der Waals surface area contributed by atoms with Crippen LogP contribution in [0.2, 0.25) is 0 Å². The second-order valence-corrected chi connectivity index (χ2v) is 8.99. The molecule has 1 aliphatic carbocycles. The molecule has 1 fully saturated rings. The van der Waals surface area contributed by atoms with Gasteiger partial charge in [0, 0.05) is 17.5 Å². The SMILES string of the molecule is O=C(Cc1ccccc1)N[C@H]1CCCC[C@@H]1NC(=O)c1csc(COc2ccccc2F)n1. The predicted molar refractivity (Wildman–Crippen MR) is 125 cm³/mol. The summed E-state index contributed by atoms with van der Waals surface area (Å²) in [5.74, 6) is -0.620. The Morgan fingerprint density at radius 1 is 1.00 bits per heavy atom. The van der Waals surface area contributed by atoms with Crippen molar-refractivity contribution in [3.8, 4) is 5.75 Å². The van der Waals surface area contributed by atoms with Crippen molar-refractivity contribution in [1.82, 2.24) is 15.6 Å². The lowest BCUT2D eigenvalue weighted by Crippen LogP contribution is -2.53. The number of aromatic nitrogens is 1. The Labute approximate surface area is 196 Å². The highest BCUT2D eigenvalue weighted by Gasteiger charge is 2.28. The standard InChI is InChI=1S/C25H26FN3O3S/c26-18-10-4-7-13-22(18)32-15-24-28-21(16-33-24)25(31)29-20-12-6-5-11-19(20)27-23(30)14-17-8-2-1-3-9-17/h1-4,7-10,13,16,19-20H,5-6,11-12,14-15H2,(H,27,30)(H,29,31)/t19-,20-/m0/s1. The number of amides is 2. The number of nitrogens with one attached hydrogen (secondary N) is 2. The largest absolute Gasteiger partial charge is 0.483 e. The smallest absolute Gasteiger partial charge is 0.271 e. The van der Waals surface area contributed by atoms with Gasteiger partial charge in [0.15, 0.2) is 11.6 Å². The number of hydrogen-bond acceptors (Lipinski definition) is 5. The van der Waals surface area contributed by atoms with Gasteiger partial charge in [-0.2, -0.15) is 0 Å². The first kappa shape index (κ1) is 22.9. The predicted octanol–water partition coefficient (Wildman–Crippen LogP) is 4.26. The number of hydrogen-bond donors (Lipinski definition) is 2. The third-order valence-corrected chi connectivity index (χ3v) is 6.43. The average molecular weight is 468 g/mol. The van der Waals surface area contributed by atoms with Gasteiger partial charge in [0.2, 0.25) is 5.91 Å². The van der Waals surface area contributed by atoms with Gasteiger partial charge in [-0.3, -0.25) is 9.59 Å². The molecule has 1 aliphatic rings. The first-order valence-electron chi connectivity index (χ1n) is 11.0. The zero-order chi connectivity index (χ0) is 23.0. The Morgan fingerprint density at radius 2 is 1.70 bits per heavy atom. The summed E-state index contributed by atoms with van der Waals surface area (Å²) in [7, 11) is 0. The fourth-order valence-electron chi connectivity index (χ4n) is 3.94. The third-order valence-electron chi connectivity index (χ3n) is 5.61. The number of nitrogens with zero attached hydrogens (tertiary/aromatic N) is 1. The van der Waals surface area contributed by atoms with Crippen molar-refractivity contribution in [2.75, 3.05) is 0 Å². The van der Waals surface area contributed by atoms with Gasteiger partial charge in [0.25, 0.3) is 5.91 Å². The van der Waals surface area contributed by atoms with E-state index >= 15 is 0 Å². The first-order chi connectivity index (χ1) is 16.1. The van der Waals surface area contributed by atoms with Crippen molar-refractivity contribution < 1.29 is 18.7 Å². The van der Waals surface area contributed by atoms with Gasteiger partial charge in [-0.05, 0) is 30.5 Å². The molecule has 4 rings (SSSR count). The van der Waals surface area contributed by atoms with E-state index in [1.54, 1.807) is 23.6 Å². The minimum atomic E-state index is -0.440. The number of carbonyl (C=O) groups is 2. The molecule has 172 valence electrons. The zero-order valence-electron chi connectivity index (χ0n) is 18.1. The van der Waals surface area contributed by atoms with Crippen LogP contribution in [0.3, 0.4) is 0 Å². The number of carbonyl (C=O) groups excluding carboxylic acids is 2. The zero-order valence-corrected chi connectivity index (χ0v) is 18.9. The highest BCUT2D eigenvalue weighted by molar-refractivity contribution is 7.09. The molecule has 1 saturated carbocycles. The van der Waals surface area contributed by atoms with Gasteiger partial charge in [-0.15, -0.1) is 11.3 Å².